The van der Waals surface area contributed by atoms with E-state index in [0.29, 0.717) is 0 Å². The number of fused-ring (bicyclic) bond motifs is 3. The van der Waals surface area contributed by atoms with Crippen LogP contribution in [0.5, 0.6) is 0 Å². The van der Waals surface area contributed by atoms with Crippen LogP contribution >= 0.6 is 15.9 Å². The molecule has 4 aromatic carbocycles. The first-order chi connectivity index (χ1) is 19.2. The molecule has 1 aliphatic rings. The van der Waals surface area contributed by atoms with Gasteiger partial charge in [-0.25, -0.2) is 0 Å². The van der Waals surface area contributed by atoms with E-state index in [-0.39, 0.29) is 10.6 Å². The van der Waals surface area contributed by atoms with Crippen molar-refractivity contribution in [3.63, 3.8) is 0 Å². The number of aromatic nitrogens is 1. The predicted molar refractivity (Wildman–Crippen MR) is 173 cm³/mol. The predicted octanol–water partition coefficient (Wildman–Crippen LogP) is 7.51. The highest BCUT2D eigenvalue weighted by atomic mass is 79.9. The fourth-order valence-corrected chi connectivity index (χ4v) is 11.5. The summed E-state index contributed by atoms with van der Waals surface area (Å²) in [7, 11) is -2.84. The van der Waals surface area contributed by atoms with Crippen molar-refractivity contribution in [1.29, 1.82) is 0 Å². The smallest absolute Gasteiger partial charge is 0.259 e. The van der Waals surface area contributed by atoms with Gasteiger partial charge in [-0.1, -0.05) is 115 Å². The molecule has 0 unspecified atom stereocenters. The summed E-state index contributed by atoms with van der Waals surface area (Å²) in [6.07, 6.45) is 0. The summed E-state index contributed by atoms with van der Waals surface area (Å²) in [5.74, 6) is 3.61. The normalized spacial score (nSPS) is 15.6. The molecule has 0 radical (unpaired) electrons. The number of pyridine rings is 1. The highest BCUT2D eigenvalue weighted by Crippen LogP contribution is 2.45. The van der Waals surface area contributed by atoms with Gasteiger partial charge < -0.3 is 0 Å². The number of hydrogen-bond donors (Lipinski definition) is 0. The molecule has 1 atom stereocenters. The van der Waals surface area contributed by atoms with Crippen molar-refractivity contribution in [2.24, 2.45) is 0 Å². The van der Waals surface area contributed by atoms with Crippen LogP contribution in [0, 0.1) is 18.4 Å². The fourth-order valence-electron chi connectivity index (χ4n) is 6.15. The minimum Gasteiger partial charge on any atom is -0.277 e. The van der Waals surface area contributed by atoms with Crippen molar-refractivity contribution in [3.8, 4) is 39.5 Å². The summed E-state index contributed by atoms with van der Waals surface area (Å²) >= 11 is 3.57. The largest absolute Gasteiger partial charge is 0.277 e. The summed E-state index contributed by atoms with van der Waals surface area (Å²) in [5, 5.41) is 2.35. The zero-order chi connectivity index (χ0) is 28.1. The SMILES string of the molecule is Cc1c2c(c(-c3ccccc3)n(-c3ccc(Br)cc3)c1=O)[Si@@](C#Cc1ccccc1)(C(C)(C)C)c1ccccc1-2. The lowest BCUT2D eigenvalue weighted by Crippen LogP contribution is -2.62. The van der Waals surface area contributed by atoms with E-state index >= 15 is 0 Å². The van der Waals surface area contributed by atoms with Crippen LogP contribution in [0.4, 0.5) is 0 Å². The molecule has 1 aromatic heterocycles. The Balaban J connectivity index is 1.85. The van der Waals surface area contributed by atoms with Gasteiger partial charge in [0, 0.05) is 21.3 Å². The van der Waals surface area contributed by atoms with E-state index in [9.17, 15) is 4.79 Å². The third kappa shape index (κ3) is 4.04. The second-order valence-corrected chi connectivity index (χ2v) is 16.6. The molecule has 0 N–H and O–H groups in total. The molecule has 2 heterocycles. The Bertz CT molecular complexity index is 1860. The average Bonchev–Trinajstić information content (AvgIpc) is 3.27. The van der Waals surface area contributed by atoms with Crippen LogP contribution < -0.4 is 15.9 Å². The molecule has 196 valence electrons. The Morgan fingerprint density at radius 2 is 1.38 bits per heavy atom. The van der Waals surface area contributed by atoms with Crippen LogP contribution in [0.2, 0.25) is 5.04 Å². The molecule has 2 nitrogen and oxygen atoms in total. The zero-order valence-electron chi connectivity index (χ0n) is 23.1. The van der Waals surface area contributed by atoms with Crippen LogP contribution in [0.1, 0.15) is 31.9 Å². The Labute approximate surface area is 245 Å². The number of nitrogens with zero attached hydrogens (tertiary/aromatic N) is 1. The molecule has 0 saturated heterocycles. The first kappa shape index (κ1) is 26.3. The molecule has 4 heteroatoms. The molecular weight excluding hydrogens is 570 g/mol. The molecule has 0 spiro atoms. The Morgan fingerprint density at radius 1 is 0.775 bits per heavy atom. The lowest BCUT2D eigenvalue weighted by Gasteiger charge is -2.39. The van der Waals surface area contributed by atoms with Gasteiger partial charge >= 0.3 is 0 Å². The van der Waals surface area contributed by atoms with Gasteiger partial charge in [0.2, 0.25) is 8.07 Å². The molecule has 0 aliphatic carbocycles. The third-order valence-electron chi connectivity index (χ3n) is 8.01. The second kappa shape index (κ2) is 9.93. The summed E-state index contributed by atoms with van der Waals surface area (Å²) in [6, 6.07) is 37.3. The zero-order valence-corrected chi connectivity index (χ0v) is 25.7. The van der Waals surface area contributed by atoms with Gasteiger partial charge in [0.25, 0.3) is 5.56 Å². The summed E-state index contributed by atoms with van der Waals surface area (Å²) < 4.78 is 2.91. The molecule has 5 aromatic rings. The highest BCUT2D eigenvalue weighted by Gasteiger charge is 2.55. The topological polar surface area (TPSA) is 22.0 Å². The van der Waals surface area contributed by atoms with Gasteiger partial charge in [-0.3, -0.25) is 9.36 Å². The van der Waals surface area contributed by atoms with Crippen molar-refractivity contribution >= 4 is 34.4 Å². The van der Waals surface area contributed by atoms with Crippen molar-refractivity contribution in [2.75, 3.05) is 0 Å². The first-order valence-electron chi connectivity index (χ1n) is 13.5. The highest BCUT2D eigenvalue weighted by molar-refractivity contribution is 9.10. The molecule has 40 heavy (non-hydrogen) atoms. The maximum Gasteiger partial charge on any atom is 0.259 e. The van der Waals surface area contributed by atoms with Gasteiger partial charge in [0.05, 0.1) is 5.69 Å². The monoisotopic (exact) mass is 599 g/mol. The second-order valence-electron chi connectivity index (χ2n) is 11.4. The van der Waals surface area contributed by atoms with E-state index in [1.54, 1.807) is 0 Å². The van der Waals surface area contributed by atoms with Crippen LogP contribution in [-0.4, -0.2) is 12.6 Å². The third-order valence-corrected chi connectivity index (χ3v) is 13.8. The standard InChI is InChI=1S/C36H30BrNOSi/c1-25-32-30-17-11-12-18-31(30)40(36(2,3)4,24-23-26-13-7-5-8-14-26)34(32)33(27-15-9-6-10-16-27)38(35(25)39)29-21-19-28(37)20-22-29/h5-22H,1-4H3/t40-/m0/s1. The van der Waals surface area contributed by atoms with Crippen molar-refractivity contribution < 1.29 is 0 Å². The number of rotatable bonds is 2. The van der Waals surface area contributed by atoms with Gasteiger partial charge in [0.1, 0.15) is 0 Å². The molecule has 1 aliphatic heterocycles. The van der Waals surface area contributed by atoms with Crippen molar-refractivity contribution in [2.45, 2.75) is 32.7 Å². The fraction of sp³-hybridized carbons (Fsp3) is 0.139. The molecule has 6 rings (SSSR count). The maximum absolute atomic E-state index is 14.4. The lowest BCUT2D eigenvalue weighted by molar-refractivity contribution is 0.741. The van der Waals surface area contributed by atoms with Gasteiger partial charge in [-0.05, 0) is 75.4 Å². The average molecular weight is 601 g/mol. The minimum atomic E-state index is -2.84. The van der Waals surface area contributed by atoms with E-state index in [0.717, 1.165) is 43.7 Å². The first-order valence-corrected chi connectivity index (χ1v) is 16.3. The van der Waals surface area contributed by atoms with Gasteiger partial charge in [0.15, 0.2) is 0 Å². The van der Waals surface area contributed by atoms with E-state index in [2.05, 4.69) is 109 Å². The molecule has 0 bridgehead atoms. The summed E-state index contributed by atoms with van der Waals surface area (Å²) in [6.45, 7) is 8.96. The van der Waals surface area contributed by atoms with E-state index in [1.807, 2.05) is 60.0 Å². The van der Waals surface area contributed by atoms with E-state index in [1.165, 1.54) is 10.4 Å². The van der Waals surface area contributed by atoms with Gasteiger partial charge in [-0.15, -0.1) is 5.54 Å². The van der Waals surface area contributed by atoms with Crippen molar-refractivity contribution in [3.05, 3.63) is 135 Å². The number of hydrogen-bond acceptors (Lipinski definition) is 1. The summed E-state index contributed by atoms with van der Waals surface area (Å²) in [4.78, 5) is 14.4. The van der Waals surface area contributed by atoms with Gasteiger partial charge in [-0.2, -0.15) is 0 Å². The van der Waals surface area contributed by atoms with Crippen LogP contribution in [-0.2, 0) is 0 Å². The minimum absolute atomic E-state index is 0.00413. The molecule has 0 fully saturated rings. The maximum atomic E-state index is 14.4. The molecular formula is C36H30BrNOSi. The number of benzene rings is 4. The van der Waals surface area contributed by atoms with E-state index in [4.69, 9.17) is 0 Å². The van der Waals surface area contributed by atoms with Crippen LogP contribution in [0.15, 0.2) is 118 Å². The Hall–Kier alpha value is -3.91. The molecule has 0 amide bonds. The number of halogens is 1. The Kier molecular flexibility index (Phi) is 6.53. The van der Waals surface area contributed by atoms with Crippen molar-refractivity contribution in [1.82, 2.24) is 4.57 Å². The Morgan fingerprint density at radius 3 is 2.02 bits per heavy atom. The van der Waals surface area contributed by atoms with E-state index < -0.39 is 8.07 Å². The van der Waals surface area contributed by atoms with Crippen LogP contribution in [0.3, 0.4) is 0 Å². The lowest BCUT2D eigenvalue weighted by atomic mass is 9.98. The van der Waals surface area contributed by atoms with Crippen LogP contribution in [0.25, 0.3) is 28.1 Å². The summed E-state index contributed by atoms with van der Waals surface area (Å²) in [5.41, 5.74) is 10.8. The molecule has 0 saturated carbocycles. The quantitative estimate of drug-likeness (QED) is 0.152.